The molecule has 0 spiro atoms. The van der Waals surface area contributed by atoms with Gasteiger partial charge >= 0.3 is 6.01 Å². The summed E-state index contributed by atoms with van der Waals surface area (Å²) in [4.78, 5) is 18.1. The molecule has 2 aromatic heterocycles. The molecule has 2 N–H and O–H groups in total. The number of methoxy groups -OCH3 is 1. The van der Waals surface area contributed by atoms with Crippen LogP contribution in [0.5, 0.6) is 6.01 Å². The Balaban J connectivity index is 1.69. The fourth-order valence-corrected chi connectivity index (χ4v) is 3.54. The molecule has 0 aliphatic carbocycles. The monoisotopic (exact) mass is 494 g/mol. The van der Waals surface area contributed by atoms with Gasteiger partial charge in [-0.3, -0.25) is 5.10 Å². The Bertz CT molecular complexity index is 1020. The van der Waals surface area contributed by atoms with Gasteiger partial charge in [0.15, 0.2) is 5.82 Å². The van der Waals surface area contributed by atoms with Gasteiger partial charge in [0.25, 0.3) is 0 Å². The molecule has 3 rings (SSSR count). The second kappa shape index (κ2) is 14.8. The van der Waals surface area contributed by atoms with Crippen LogP contribution >= 0.6 is 0 Å². The third-order valence-corrected chi connectivity index (χ3v) is 5.63. The number of ether oxygens (including phenoxy) is 2. The maximum Gasteiger partial charge on any atom is 0.328 e. The van der Waals surface area contributed by atoms with E-state index in [0.29, 0.717) is 24.1 Å². The van der Waals surface area contributed by atoms with Crippen LogP contribution in [0.25, 0.3) is 0 Å². The number of hydrogen-bond donors (Lipinski definition) is 2. The highest BCUT2D eigenvalue weighted by Crippen LogP contribution is 2.20. The number of piperazine rings is 1. The fraction of sp³-hybridized carbons (Fsp3) is 0.462. The molecule has 1 fully saturated rings. The third-order valence-electron chi connectivity index (χ3n) is 5.63. The van der Waals surface area contributed by atoms with Crippen molar-refractivity contribution in [1.82, 2.24) is 30.0 Å². The molecule has 1 atom stereocenters. The lowest BCUT2D eigenvalue weighted by Crippen LogP contribution is -2.45. The molecule has 2 aromatic rings. The van der Waals surface area contributed by atoms with Gasteiger partial charge in [-0.15, -0.1) is 6.58 Å². The maximum absolute atomic E-state index is 5.73. The molecule has 0 bridgehead atoms. The van der Waals surface area contributed by atoms with Crippen molar-refractivity contribution in [2.75, 3.05) is 50.6 Å². The fourth-order valence-electron chi connectivity index (χ4n) is 3.54. The summed E-state index contributed by atoms with van der Waals surface area (Å²) in [5, 5.41) is 10.6. The number of anilines is 3. The SMILES string of the molecule is C=CCCCC=COc1nc(Nc2cc(C/C=C\C(C=CC)OC)[nH]n2)nc(N2CCN(C)CC2)n1. The Morgan fingerprint density at radius 1 is 1.14 bits per heavy atom. The summed E-state index contributed by atoms with van der Waals surface area (Å²) >= 11 is 0. The molecule has 36 heavy (non-hydrogen) atoms. The standard InChI is InChI=1S/C26H38N8O2/c1-5-7-8-9-10-19-36-26-29-24(28-25(30-26)34-17-15-33(3)16-18-34)27-23-20-21(31-32-23)13-11-14-22(35-4)12-6-2/h5-6,10-12,14,19-20,22H,1,7-9,13,15-18H2,2-4H3,(H2,27,28,29,30,31,32)/b12-6?,14-11-,19-10?. The van der Waals surface area contributed by atoms with E-state index in [4.69, 9.17) is 9.47 Å². The third kappa shape index (κ3) is 8.94. The molecule has 10 heteroatoms. The van der Waals surface area contributed by atoms with Gasteiger partial charge in [-0.05, 0) is 39.3 Å². The van der Waals surface area contributed by atoms with Gasteiger partial charge in [-0.2, -0.15) is 20.1 Å². The topological polar surface area (TPSA) is 104 Å². The lowest BCUT2D eigenvalue weighted by Gasteiger charge is -2.32. The first kappa shape index (κ1) is 27.1. The predicted octanol–water partition coefficient (Wildman–Crippen LogP) is 4.03. The van der Waals surface area contributed by atoms with Gasteiger partial charge in [0.2, 0.25) is 11.9 Å². The molecule has 194 valence electrons. The first-order valence-electron chi connectivity index (χ1n) is 12.4. The van der Waals surface area contributed by atoms with E-state index < -0.39 is 0 Å². The van der Waals surface area contributed by atoms with Gasteiger partial charge < -0.3 is 24.6 Å². The molecule has 10 nitrogen and oxygen atoms in total. The minimum atomic E-state index is -0.0387. The summed E-state index contributed by atoms with van der Waals surface area (Å²) in [6, 6.07) is 2.18. The van der Waals surface area contributed by atoms with Crippen LogP contribution in [0, 0.1) is 0 Å². The number of likely N-dealkylation sites (N-methyl/N-ethyl adjacent to an activating group) is 1. The van der Waals surface area contributed by atoms with Crippen molar-refractivity contribution in [2.24, 2.45) is 0 Å². The zero-order valence-corrected chi connectivity index (χ0v) is 21.6. The minimum absolute atomic E-state index is 0.0387. The maximum atomic E-state index is 5.73. The molecular formula is C26H38N8O2. The first-order chi connectivity index (χ1) is 17.6. The second-order valence-corrected chi connectivity index (χ2v) is 8.50. The van der Waals surface area contributed by atoms with Crippen LogP contribution in [0.3, 0.4) is 0 Å². The van der Waals surface area contributed by atoms with Crippen LogP contribution < -0.4 is 15.0 Å². The van der Waals surface area contributed by atoms with Crippen molar-refractivity contribution in [3.05, 3.63) is 61.1 Å². The normalized spacial score (nSPS) is 15.8. The number of allylic oxidation sites excluding steroid dienone is 4. The Morgan fingerprint density at radius 3 is 2.72 bits per heavy atom. The highest BCUT2D eigenvalue weighted by molar-refractivity contribution is 5.50. The first-order valence-corrected chi connectivity index (χ1v) is 12.4. The number of H-pyrrole nitrogens is 1. The number of aromatic nitrogens is 5. The summed E-state index contributed by atoms with van der Waals surface area (Å²) in [7, 11) is 3.80. The Hall–Kier alpha value is -3.50. The van der Waals surface area contributed by atoms with E-state index in [9.17, 15) is 0 Å². The number of hydrogen-bond acceptors (Lipinski definition) is 9. The lowest BCUT2D eigenvalue weighted by molar-refractivity contribution is 0.177. The van der Waals surface area contributed by atoms with Crippen LogP contribution in [0.1, 0.15) is 31.9 Å². The summed E-state index contributed by atoms with van der Waals surface area (Å²) in [5.74, 6) is 1.59. The van der Waals surface area contributed by atoms with E-state index in [1.54, 1.807) is 13.4 Å². The molecule has 0 radical (unpaired) electrons. The van der Waals surface area contributed by atoms with Crippen molar-refractivity contribution in [1.29, 1.82) is 0 Å². The number of rotatable bonds is 14. The average Bonchev–Trinajstić information content (AvgIpc) is 3.32. The highest BCUT2D eigenvalue weighted by Gasteiger charge is 2.19. The van der Waals surface area contributed by atoms with E-state index in [1.165, 1.54) is 0 Å². The molecule has 1 saturated heterocycles. The van der Waals surface area contributed by atoms with Gasteiger partial charge in [0, 0.05) is 51.5 Å². The summed E-state index contributed by atoms with van der Waals surface area (Å²) in [6.45, 7) is 9.29. The smallest absolute Gasteiger partial charge is 0.328 e. The van der Waals surface area contributed by atoms with Crippen LogP contribution in [0.4, 0.5) is 17.7 Å². The number of nitrogens with one attached hydrogen (secondary N) is 2. The summed E-state index contributed by atoms with van der Waals surface area (Å²) < 4.78 is 11.1. The Labute approximate surface area is 213 Å². The molecule has 1 unspecified atom stereocenters. The molecule has 0 aromatic carbocycles. The van der Waals surface area contributed by atoms with Crippen LogP contribution in [0.15, 0.2) is 55.4 Å². The van der Waals surface area contributed by atoms with E-state index >= 15 is 0 Å². The van der Waals surface area contributed by atoms with Crippen LogP contribution in [-0.2, 0) is 11.2 Å². The number of unbranched alkanes of at least 4 members (excludes halogenated alkanes) is 2. The van der Waals surface area contributed by atoms with Crippen molar-refractivity contribution in [3.63, 3.8) is 0 Å². The molecule has 1 aliphatic heterocycles. The van der Waals surface area contributed by atoms with E-state index in [2.05, 4.69) is 53.9 Å². The Kier molecular flexibility index (Phi) is 11.1. The van der Waals surface area contributed by atoms with Crippen molar-refractivity contribution >= 4 is 17.7 Å². The Morgan fingerprint density at radius 2 is 1.97 bits per heavy atom. The number of nitrogens with zero attached hydrogens (tertiary/aromatic N) is 6. The molecule has 0 saturated carbocycles. The van der Waals surface area contributed by atoms with Crippen LogP contribution in [-0.4, -0.2) is 76.5 Å². The van der Waals surface area contributed by atoms with Gasteiger partial charge in [0.1, 0.15) is 0 Å². The zero-order valence-electron chi connectivity index (χ0n) is 21.6. The van der Waals surface area contributed by atoms with E-state index in [-0.39, 0.29) is 12.1 Å². The summed E-state index contributed by atoms with van der Waals surface area (Å²) in [5.41, 5.74) is 0.955. The second-order valence-electron chi connectivity index (χ2n) is 8.50. The van der Waals surface area contributed by atoms with Crippen LogP contribution in [0.2, 0.25) is 0 Å². The van der Waals surface area contributed by atoms with Crippen molar-refractivity contribution in [3.8, 4) is 6.01 Å². The molecule has 0 amide bonds. The quantitative estimate of drug-likeness (QED) is 0.229. The minimum Gasteiger partial charge on any atom is -0.432 e. The van der Waals surface area contributed by atoms with Crippen molar-refractivity contribution in [2.45, 2.75) is 38.7 Å². The summed E-state index contributed by atoms with van der Waals surface area (Å²) in [6.07, 6.45) is 17.1. The molecule has 3 heterocycles. The van der Waals surface area contributed by atoms with E-state index in [1.807, 2.05) is 49.4 Å². The van der Waals surface area contributed by atoms with Gasteiger partial charge in [-0.1, -0.05) is 30.4 Å². The number of aromatic amines is 1. The largest absolute Gasteiger partial charge is 0.432 e. The predicted molar refractivity (Wildman–Crippen MR) is 144 cm³/mol. The average molecular weight is 495 g/mol. The lowest BCUT2D eigenvalue weighted by atomic mass is 10.2. The zero-order chi connectivity index (χ0) is 25.6. The van der Waals surface area contributed by atoms with Crippen molar-refractivity contribution < 1.29 is 9.47 Å². The van der Waals surface area contributed by atoms with E-state index in [0.717, 1.165) is 51.1 Å². The van der Waals surface area contributed by atoms with Gasteiger partial charge in [-0.25, -0.2) is 0 Å². The highest BCUT2D eigenvalue weighted by atomic mass is 16.5. The molecular weight excluding hydrogens is 456 g/mol. The van der Waals surface area contributed by atoms with Gasteiger partial charge in [0.05, 0.1) is 12.4 Å². The molecule has 1 aliphatic rings.